The lowest BCUT2D eigenvalue weighted by atomic mass is 9.95. The third-order valence-corrected chi connectivity index (χ3v) is 2.30. The van der Waals surface area contributed by atoms with E-state index in [2.05, 4.69) is 24.3 Å². The van der Waals surface area contributed by atoms with Gasteiger partial charge in [0, 0.05) is 6.61 Å². The summed E-state index contributed by atoms with van der Waals surface area (Å²) < 4.78 is 0. The van der Waals surface area contributed by atoms with Crippen molar-refractivity contribution < 1.29 is 5.11 Å². The summed E-state index contributed by atoms with van der Waals surface area (Å²) in [7, 11) is 0. The molecule has 0 aromatic heterocycles. The van der Waals surface area contributed by atoms with E-state index >= 15 is 0 Å². The van der Waals surface area contributed by atoms with Crippen LogP contribution in [0.15, 0.2) is 24.3 Å². The van der Waals surface area contributed by atoms with Crippen molar-refractivity contribution in [1.82, 2.24) is 0 Å². The minimum absolute atomic E-state index is 0.348. The maximum Gasteiger partial charge on any atom is 0.0431 e. The Labute approximate surface area is 74.8 Å². The smallest absolute Gasteiger partial charge is 0.0431 e. The van der Waals surface area contributed by atoms with Gasteiger partial charge in [0.15, 0.2) is 0 Å². The molecule has 0 aromatic carbocycles. The van der Waals surface area contributed by atoms with Crippen LogP contribution in [-0.4, -0.2) is 11.7 Å². The molecule has 0 amide bonds. The summed E-state index contributed by atoms with van der Waals surface area (Å²) in [5.41, 5.74) is 0. The van der Waals surface area contributed by atoms with E-state index in [4.69, 9.17) is 5.11 Å². The Hall–Kier alpha value is -0.560. The van der Waals surface area contributed by atoms with Crippen molar-refractivity contribution in [2.45, 2.75) is 32.1 Å². The molecule has 0 aromatic rings. The molecule has 0 spiro atoms. The van der Waals surface area contributed by atoms with Gasteiger partial charge in [0.05, 0.1) is 0 Å². The number of allylic oxidation sites excluding steroid dienone is 4. The van der Waals surface area contributed by atoms with E-state index in [-0.39, 0.29) is 0 Å². The molecule has 12 heavy (non-hydrogen) atoms. The molecule has 0 fully saturated rings. The van der Waals surface area contributed by atoms with Crippen LogP contribution in [0.5, 0.6) is 0 Å². The summed E-state index contributed by atoms with van der Waals surface area (Å²) in [5, 5.41) is 8.58. The highest BCUT2D eigenvalue weighted by molar-refractivity contribution is 5.10. The lowest BCUT2D eigenvalue weighted by Gasteiger charge is -2.11. The minimum Gasteiger partial charge on any atom is -0.396 e. The molecule has 1 heteroatoms. The Bertz CT molecular complexity index is 158. The Balaban J connectivity index is 2.00. The van der Waals surface area contributed by atoms with Crippen molar-refractivity contribution in [2.75, 3.05) is 6.61 Å². The van der Waals surface area contributed by atoms with Crippen molar-refractivity contribution in [2.24, 2.45) is 5.92 Å². The van der Waals surface area contributed by atoms with Gasteiger partial charge in [-0.2, -0.15) is 0 Å². The third kappa shape index (κ3) is 3.72. The molecule has 1 nitrogen and oxygen atoms in total. The second-order valence-electron chi connectivity index (χ2n) is 3.38. The largest absolute Gasteiger partial charge is 0.396 e. The summed E-state index contributed by atoms with van der Waals surface area (Å²) >= 11 is 0. The van der Waals surface area contributed by atoms with Crippen molar-refractivity contribution in [3.63, 3.8) is 0 Å². The minimum atomic E-state index is 0.348. The van der Waals surface area contributed by atoms with Crippen LogP contribution in [0.3, 0.4) is 0 Å². The first-order chi connectivity index (χ1) is 5.93. The Kier molecular flexibility index (Phi) is 4.77. The predicted octanol–water partition coefficient (Wildman–Crippen LogP) is 2.67. The standard InChI is InChI=1S/C11H18O/c12-10-6-2-5-9-11-7-3-1-4-8-11/h1,3-4,7,11-12H,2,5-6,8-10H2. The summed E-state index contributed by atoms with van der Waals surface area (Å²) in [6.07, 6.45) is 14.6. The third-order valence-electron chi connectivity index (χ3n) is 2.30. The van der Waals surface area contributed by atoms with Crippen molar-refractivity contribution in [3.05, 3.63) is 24.3 Å². The molecule has 0 heterocycles. The van der Waals surface area contributed by atoms with Crippen molar-refractivity contribution in [1.29, 1.82) is 0 Å². The molecule has 1 aliphatic carbocycles. The monoisotopic (exact) mass is 166 g/mol. The van der Waals surface area contributed by atoms with Gasteiger partial charge in [0.25, 0.3) is 0 Å². The number of hydrogen-bond donors (Lipinski definition) is 1. The Morgan fingerprint density at radius 2 is 2.08 bits per heavy atom. The summed E-state index contributed by atoms with van der Waals surface area (Å²) in [4.78, 5) is 0. The molecule has 0 aliphatic heterocycles. The lowest BCUT2D eigenvalue weighted by Crippen LogP contribution is -1.97. The van der Waals surface area contributed by atoms with Gasteiger partial charge >= 0.3 is 0 Å². The number of rotatable bonds is 5. The van der Waals surface area contributed by atoms with E-state index < -0.39 is 0 Å². The van der Waals surface area contributed by atoms with E-state index in [1.54, 1.807) is 0 Å². The molecule has 0 saturated heterocycles. The molecule has 0 saturated carbocycles. The van der Waals surface area contributed by atoms with Crippen LogP contribution in [0.2, 0.25) is 0 Å². The molecular formula is C11H18O. The summed E-state index contributed by atoms with van der Waals surface area (Å²) in [6.45, 7) is 0.348. The van der Waals surface area contributed by atoms with Gasteiger partial charge in [-0.05, 0) is 25.2 Å². The van der Waals surface area contributed by atoms with Gasteiger partial charge in [-0.15, -0.1) is 0 Å². The van der Waals surface area contributed by atoms with E-state index in [1.807, 2.05) is 0 Å². The molecule has 1 N–H and O–H groups in total. The summed E-state index contributed by atoms with van der Waals surface area (Å²) in [6, 6.07) is 0. The van der Waals surface area contributed by atoms with E-state index in [0.29, 0.717) is 6.61 Å². The normalized spacial score (nSPS) is 21.6. The zero-order valence-electron chi connectivity index (χ0n) is 7.58. The SMILES string of the molecule is OCCCCCC1C=CC=CC1. The number of aliphatic hydroxyl groups is 1. The fourth-order valence-electron chi connectivity index (χ4n) is 1.54. The zero-order chi connectivity index (χ0) is 8.65. The molecule has 0 radical (unpaired) electrons. The predicted molar refractivity (Wildman–Crippen MR) is 51.9 cm³/mol. The maximum absolute atomic E-state index is 8.58. The van der Waals surface area contributed by atoms with E-state index in [9.17, 15) is 0 Å². The highest BCUT2D eigenvalue weighted by Gasteiger charge is 2.03. The average Bonchev–Trinajstić information content (AvgIpc) is 2.14. The second kappa shape index (κ2) is 6.01. The molecule has 1 atom stereocenters. The first-order valence-corrected chi connectivity index (χ1v) is 4.87. The highest BCUT2D eigenvalue weighted by Crippen LogP contribution is 2.18. The van der Waals surface area contributed by atoms with Crippen molar-refractivity contribution >= 4 is 0 Å². The lowest BCUT2D eigenvalue weighted by molar-refractivity contribution is 0.281. The van der Waals surface area contributed by atoms with E-state index in [0.717, 1.165) is 12.3 Å². The van der Waals surface area contributed by atoms with Gasteiger partial charge in [-0.1, -0.05) is 37.1 Å². The topological polar surface area (TPSA) is 20.2 Å². The van der Waals surface area contributed by atoms with Gasteiger partial charge in [-0.3, -0.25) is 0 Å². The van der Waals surface area contributed by atoms with Crippen LogP contribution < -0.4 is 0 Å². The molecule has 0 bridgehead atoms. The van der Waals surface area contributed by atoms with Crippen LogP contribution >= 0.6 is 0 Å². The van der Waals surface area contributed by atoms with Crippen LogP contribution in [0, 0.1) is 5.92 Å². The molecule has 1 rings (SSSR count). The molecule has 68 valence electrons. The highest BCUT2D eigenvalue weighted by atomic mass is 16.2. The fraction of sp³-hybridized carbons (Fsp3) is 0.636. The number of unbranched alkanes of at least 4 members (excludes halogenated alkanes) is 2. The van der Waals surface area contributed by atoms with Crippen LogP contribution in [-0.2, 0) is 0 Å². The zero-order valence-corrected chi connectivity index (χ0v) is 7.58. The van der Waals surface area contributed by atoms with Crippen LogP contribution in [0.25, 0.3) is 0 Å². The van der Waals surface area contributed by atoms with Crippen LogP contribution in [0.1, 0.15) is 32.1 Å². The van der Waals surface area contributed by atoms with Gasteiger partial charge in [0.1, 0.15) is 0 Å². The molecule has 1 aliphatic rings. The van der Waals surface area contributed by atoms with Gasteiger partial charge in [-0.25, -0.2) is 0 Å². The van der Waals surface area contributed by atoms with Gasteiger partial charge in [0.2, 0.25) is 0 Å². The quantitative estimate of drug-likeness (QED) is 0.622. The average molecular weight is 166 g/mol. The van der Waals surface area contributed by atoms with E-state index in [1.165, 1.54) is 25.7 Å². The molecular weight excluding hydrogens is 148 g/mol. The van der Waals surface area contributed by atoms with Gasteiger partial charge < -0.3 is 5.11 Å². The molecule has 1 unspecified atom stereocenters. The first kappa shape index (κ1) is 9.53. The number of aliphatic hydroxyl groups excluding tert-OH is 1. The van der Waals surface area contributed by atoms with Crippen LogP contribution in [0.4, 0.5) is 0 Å². The maximum atomic E-state index is 8.58. The Morgan fingerprint density at radius 3 is 2.75 bits per heavy atom. The fourth-order valence-corrected chi connectivity index (χ4v) is 1.54. The number of hydrogen-bond acceptors (Lipinski definition) is 1. The van der Waals surface area contributed by atoms with Crippen molar-refractivity contribution in [3.8, 4) is 0 Å². The Morgan fingerprint density at radius 1 is 1.17 bits per heavy atom. The summed E-state index contributed by atoms with van der Waals surface area (Å²) in [5.74, 6) is 0.758. The first-order valence-electron chi connectivity index (χ1n) is 4.87. The second-order valence-corrected chi connectivity index (χ2v) is 3.38.